The van der Waals surface area contributed by atoms with Crippen molar-refractivity contribution in [3.8, 4) is 0 Å². The Kier molecular flexibility index (Phi) is 2.28. The standard InChI is InChI=1S/C9H6BrNO2S/c1-5-2-7-8(11(12)13)3-6(10)4-9(7)14-5/h2-4H,1H3. The molecule has 0 unspecified atom stereocenters. The van der Waals surface area contributed by atoms with Crippen LogP contribution in [0.3, 0.4) is 0 Å². The van der Waals surface area contributed by atoms with Crippen LogP contribution in [-0.4, -0.2) is 4.92 Å². The van der Waals surface area contributed by atoms with Crippen LogP contribution in [0.1, 0.15) is 4.88 Å². The van der Waals surface area contributed by atoms with Gasteiger partial charge in [-0.25, -0.2) is 0 Å². The molecule has 0 saturated carbocycles. The molecule has 0 aliphatic carbocycles. The molecule has 0 spiro atoms. The van der Waals surface area contributed by atoms with Crippen molar-refractivity contribution in [2.45, 2.75) is 6.92 Å². The van der Waals surface area contributed by atoms with Crippen LogP contribution in [0.4, 0.5) is 5.69 Å². The topological polar surface area (TPSA) is 43.1 Å². The van der Waals surface area contributed by atoms with Crippen LogP contribution in [0.2, 0.25) is 0 Å². The average Bonchev–Trinajstić information content (AvgIpc) is 2.42. The van der Waals surface area contributed by atoms with E-state index in [1.807, 2.05) is 19.1 Å². The van der Waals surface area contributed by atoms with Gasteiger partial charge in [0.1, 0.15) is 0 Å². The van der Waals surface area contributed by atoms with Crippen molar-refractivity contribution in [3.63, 3.8) is 0 Å². The summed E-state index contributed by atoms with van der Waals surface area (Å²) in [6, 6.07) is 5.29. The molecule has 0 amide bonds. The predicted molar refractivity (Wildman–Crippen MR) is 60.9 cm³/mol. The molecule has 5 heteroatoms. The molecule has 0 radical (unpaired) electrons. The van der Waals surface area contributed by atoms with E-state index in [2.05, 4.69) is 15.9 Å². The lowest BCUT2D eigenvalue weighted by Crippen LogP contribution is -1.87. The first-order valence-corrected chi connectivity index (χ1v) is 5.53. The van der Waals surface area contributed by atoms with Gasteiger partial charge in [-0.2, -0.15) is 0 Å². The molecule has 0 aliphatic heterocycles. The molecule has 1 aromatic carbocycles. The second kappa shape index (κ2) is 3.33. The SMILES string of the molecule is Cc1cc2c([N+](=O)[O-])cc(Br)cc2s1. The van der Waals surface area contributed by atoms with Gasteiger partial charge in [-0.3, -0.25) is 10.1 Å². The van der Waals surface area contributed by atoms with Crippen molar-refractivity contribution < 1.29 is 4.92 Å². The quantitative estimate of drug-likeness (QED) is 0.584. The Hall–Kier alpha value is -0.940. The zero-order valence-electron chi connectivity index (χ0n) is 7.28. The Labute approximate surface area is 92.6 Å². The Morgan fingerprint density at radius 3 is 2.79 bits per heavy atom. The van der Waals surface area contributed by atoms with Gasteiger partial charge < -0.3 is 0 Å². The molecule has 14 heavy (non-hydrogen) atoms. The molecule has 0 atom stereocenters. The van der Waals surface area contributed by atoms with E-state index < -0.39 is 0 Å². The normalized spacial score (nSPS) is 10.7. The summed E-state index contributed by atoms with van der Waals surface area (Å²) in [6.45, 7) is 1.95. The lowest BCUT2D eigenvalue weighted by Gasteiger charge is -1.94. The molecule has 1 aromatic heterocycles. The summed E-state index contributed by atoms with van der Waals surface area (Å²) in [4.78, 5) is 11.5. The number of hydrogen-bond donors (Lipinski definition) is 0. The Bertz CT molecular complexity index is 521. The molecule has 2 rings (SSSR count). The molecule has 0 N–H and O–H groups in total. The molecule has 0 bridgehead atoms. The molecule has 0 saturated heterocycles. The fraction of sp³-hybridized carbons (Fsp3) is 0.111. The number of rotatable bonds is 1. The van der Waals surface area contributed by atoms with Gasteiger partial charge in [0.15, 0.2) is 0 Å². The van der Waals surface area contributed by atoms with Crippen molar-refractivity contribution >= 4 is 43.0 Å². The van der Waals surface area contributed by atoms with E-state index in [4.69, 9.17) is 0 Å². The van der Waals surface area contributed by atoms with Gasteiger partial charge in [-0.15, -0.1) is 11.3 Å². The molecule has 1 heterocycles. The highest BCUT2D eigenvalue weighted by atomic mass is 79.9. The summed E-state index contributed by atoms with van der Waals surface area (Å²) in [7, 11) is 0. The lowest BCUT2D eigenvalue weighted by atomic mass is 10.2. The van der Waals surface area contributed by atoms with Gasteiger partial charge in [0.05, 0.1) is 10.3 Å². The predicted octanol–water partition coefficient (Wildman–Crippen LogP) is 3.88. The van der Waals surface area contributed by atoms with E-state index >= 15 is 0 Å². The van der Waals surface area contributed by atoms with Crippen LogP contribution in [0.5, 0.6) is 0 Å². The number of thiophene rings is 1. The second-order valence-corrected chi connectivity index (χ2v) is 5.15. The van der Waals surface area contributed by atoms with Crippen molar-refractivity contribution in [1.82, 2.24) is 0 Å². The maximum absolute atomic E-state index is 10.8. The molecule has 72 valence electrons. The minimum absolute atomic E-state index is 0.165. The molecular formula is C9H6BrNO2S. The summed E-state index contributed by atoms with van der Waals surface area (Å²) in [5, 5.41) is 11.5. The van der Waals surface area contributed by atoms with Gasteiger partial charge in [0, 0.05) is 20.1 Å². The number of fused-ring (bicyclic) bond motifs is 1. The number of non-ortho nitro benzene ring substituents is 1. The lowest BCUT2D eigenvalue weighted by molar-refractivity contribution is -0.383. The highest BCUT2D eigenvalue weighted by Crippen LogP contribution is 2.35. The third kappa shape index (κ3) is 1.53. The second-order valence-electron chi connectivity index (χ2n) is 2.95. The first kappa shape index (κ1) is 9.61. The van der Waals surface area contributed by atoms with Crippen LogP contribution >= 0.6 is 27.3 Å². The maximum atomic E-state index is 10.8. The zero-order valence-corrected chi connectivity index (χ0v) is 9.68. The molecule has 0 aliphatic rings. The number of halogens is 1. The van der Waals surface area contributed by atoms with E-state index in [0.29, 0.717) is 0 Å². The zero-order chi connectivity index (χ0) is 10.3. The summed E-state index contributed by atoms with van der Waals surface area (Å²) >= 11 is 4.83. The fourth-order valence-electron chi connectivity index (χ4n) is 1.37. The number of nitrogens with zero attached hydrogens (tertiary/aromatic N) is 1. The monoisotopic (exact) mass is 271 g/mol. The van der Waals surface area contributed by atoms with E-state index in [1.165, 1.54) is 6.07 Å². The summed E-state index contributed by atoms with van der Waals surface area (Å²) in [5.74, 6) is 0. The van der Waals surface area contributed by atoms with Crippen molar-refractivity contribution in [1.29, 1.82) is 0 Å². The number of aryl methyl sites for hydroxylation is 1. The smallest absolute Gasteiger partial charge is 0.258 e. The number of benzene rings is 1. The summed E-state index contributed by atoms with van der Waals surface area (Å²) in [5.41, 5.74) is 0.165. The van der Waals surface area contributed by atoms with Crippen LogP contribution < -0.4 is 0 Å². The molecule has 2 aromatic rings. The molecule has 3 nitrogen and oxygen atoms in total. The van der Waals surface area contributed by atoms with Crippen molar-refractivity contribution in [2.24, 2.45) is 0 Å². The van der Waals surface area contributed by atoms with E-state index in [-0.39, 0.29) is 10.6 Å². The highest BCUT2D eigenvalue weighted by molar-refractivity contribution is 9.10. The van der Waals surface area contributed by atoms with Crippen LogP contribution in [-0.2, 0) is 0 Å². The van der Waals surface area contributed by atoms with E-state index in [1.54, 1.807) is 11.3 Å². The summed E-state index contributed by atoms with van der Waals surface area (Å²) in [6.07, 6.45) is 0. The molecular weight excluding hydrogens is 266 g/mol. The van der Waals surface area contributed by atoms with Crippen molar-refractivity contribution in [2.75, 3.05) is 0 Å². The van der Waals surface area contributed by atoms with Gasteiger partial charge in [0.25, 0.3) is 5.69 Å². The van der Waals surface area contributed by atoms with Crippen LogP contribution in [0, 0.1) is 17.0 Å². The first-order chi connectivity index (χ1) is 6.58. The third-order valence-corrected chi connectivity index (χ3v) is 3.36. The van der Waals surface area contributed by atoms with Gasteiger partial charge in [-0.05, 0) is 19.1 Å². The average molecular weight is 272 g/mol. The van der Waals surface area contributed by atoms with E-state index in [9.17, 15) is 10.1 Å². The minimum atomic E-state index is -0.348. The van der Waals surface area contributed by atoms with Gasteiger partial charge in [-0.1, -0.05) is 15.9 Å². The van der Waals surface area contributed by atoms with Crippen LogP contribution in [0.15, 0.2) is 22.7 Å². The number of hydrogen-bond acceptors (Lipinski definition) is 3. The largest absolute Gasteiger partial charge is 0.279 e. The van der Waals surface area contributed by atoms with Gasteiger partial charge in [0.2, 0.25) is 0 Å². The summed E-state index contributed by atoms with van der Waals surface area (Å²) < 4.78 is 1.70. The fourth-order valence-corrected chi connectivity index (χ4v) is 2.95. The highest BCUT2D eigenvalue weighted by Gasteiger charge is 2.14. The van der Waals surface area contributed by atoms with E-state index in [0.717, 1.165) is 19.4 Å². The Morgan fingerprint density at radius 1 is 1.43 bits per heavy atom. The van der Waals surface area contributed by atoms with Gasteiger partial charge >= 0.3 is 0 Å². The number of nitro benzene ring substituents is 1. The van der Waals surface area contributed by atoms with Crippen molar-refractivity contribution in [3.05, 3.63) is 37.7 Å². The third-order valence-electron chi connectivity index (χ3n) is 1.90. The number of nitro groups is 1. The first-order valence-electron chi connectivity index (χ1n) is 3.92. The Morgan fingerprint density at radius 2 is 2.14 bits per heavy atom. The maximum Gasteiger partial charge on any atom is 0.279 e. The van der Waals surface area contributed by atoms with Crippen LogP contribution in [0.25, 0.3) is 10.1 Å². The molecule has 0 fully saturated rings. The minimum Gasteiger partial charge on any atom is -0.258 e. The Balaban J connectivity index is 2.85.